The minimum Gasteiger partial charge on any atom is -0.379 e. The third-order valence-electron chi connectivity index (χ3n) is 4.37. The fourth-order valence-corrected chi connectivity index (χ4v) is 2.89. The number of rotatable bonds is 6. The van der Waals surface area contributed by atoms with Crippen molar-refractivity contribution in [2.24, 2.45) is 0 Å². The molecule has 2 N–H and O–H groups in total. The van der Waals surface area contributed by atoms with Crippen molar-refractivity contribution in [2.75, 3.05) is 44.7 Å². The number of benzene rings is 1. The summed E-state index contributed by atoms with van der Waals surface area (Å²) in [5.74, 6) is -1.41. The van der Waals surface area contributed by atoms with E-state index in [1.807, 2.05) is 24.3 Å². The molecule has 1 fully saturated rings. The lowest BCUT2D eigenvalue weighted by Gasteiger charge is -2.26. The molecule has 1 aliphatic heterocycles. The van der Waals surface area contributed by atoms with Gasteiger partial charge in [-0.3, -0.25) is 14.5 Å². The quantitative estimate of drug-likeness (QED) is 0.556. The van der Waals surface area contributed by atoms with Crippen LogP contribution in [0, 0.1) is 11.3 Å². The van der Waals surface area contributed by atoms with E-state index in [0.29, 0.717) is 12.2 Å². The summed E-state index contributed by atoms with van der Waals surface area (Å²) in [6, 6.07) is 11.0. The molecular formula is C19H22N6O3. The summed E-state index contributed by atoms with van der Waals surface area (Å²) in [5.41, 5.74) is 0.850. The molecule has 0 unspecified atom stereocenters. The lowest BCUT2D eigenvalue weighted by Crippen LogP contribution is -2.40. The van der Waals surface area contributed by atoms with Crippen LogP contribution in [0.3, 0.4) is 0 Å². The van der Waals surface area contributed by atoms with Crippen molar-refractivity contribution >= 4 is 17.6 Å². The highest BCUT2D eigenvalue weighted by Gasteiger charge is 2.19. The van der Waals surface area contributed by atoms with Gasteiger partial charge in [0.05, 0.1) is 25.1 Å². The van der Waals surface area contributed by atoms with Crippen LogP contribution in [0.2, 0.25) is 0 Å². The van der Waals surface area contributed by atoms with Gasteiger partial charge in [0.1, 0.15) is 11.6 Å². The van der Waals surface area contributed by atoms with E-state index in [1.165, 1.54) is 10.9 Å². The summed E-state index contributed by atoms with van der Waals surface area (Å²) in [6.07, 6.45) is 2.09. The summed E-state index contributed by atoms with van der Waals surface area (Å²) in [5, 5.41) is 18.5. The highest BCUT2D eigenvalue weighted by molar-refractivity contribution is 6.39. The molecule has 9 heteroatoms. The van der Waals surface area contributed by atoms with Gasteiger partial charge in [-0.1, -0.05) is 18.2 Å². The highest BCUT2D eigenvalue weighted by Crippen LogP contribution is 2.19. The lowest BCUT2D eigenvalue weighted by molar-refractivity contribution is -0.136. The Labute approximate surface area is 162 Å². The van der Waals surface area contributed by atoms with Crippen LogP contribution < -0.4 is 10.6 Å². The fourth-order valence-electron chi connectivity index (χ4n) is 2.89. The Morgan fingerprint density at radius 1 is 1.18 bits per heavy atom. The third-order valence-corrected chi connectivity index (χ3v) is 4.37. The number of para-hydroxylation sites is 1. The van der Waals surface area contributed by atoms with Crippen LogP contribution >= 0.6 is 0 Å². The van der Waals surface area contributed by atoms with Gasteiger partial charge in [0.25, 0.3) is 0 Å². The average molecular weight is 382 g/mol. The maximum absolute atomic E-state index is 12.3. The molecule has 0 saturated carbocycles. The predicted molar refractivity (Wildman–Crippen MR) is 102 cm³/mol. The summed E-state index contributed by atoms with van der Waals surface area (Å²) in [6.45, 7) is 4.46. The summed E-state index contributed by atoms with van der Waals surface area (Å²) in [4.78, 5) is 26.6. The van der Waals surface area contributed by atoms with E-state index in [2.05, 4.69) is 20.6 Å². The van der Waals surface area contributed by atoms with Crippen LogP contribution in [0.5, 0.6) is 0 Å². The average Bonchev–Trinajstić information content (AvgIpc) is 3.15. The molecule has 1 aromatic heterocycles. The Balaban J connectivity index is 1.54. The normalized spacial score (nSPS) is 14.2. The van der Waals surface area contributed by atoms with Gasteiger partial charge in [0.2, 0.25) is 0 Å². The van der Waals surface area contributed by atoms with E-state index in [0.717, 1.165) is 39.3 Å². The summed E-state index contributed by atoms with van der Waals surface area (Å²) in [7, 11) is 0. The third kappa shape index (κ3) is 4.94. The number of aromatic nitrogens is 2. The number of morpholine rings is 1. The van der Waals surface area contributed by atoms with Gasteiger partial charge in [-0.25, -0.2) is 4.68 Å². The smallest absolute Gasteiger partial charge is 0.314 e. The van der Waals surface area contributed by atoms with Crippen molar-refractivity contribution in [2.45, 2.75) is 6.42 Å². The van der Waals surface area contributed by atoms with Crippen molar-refractivity contribution in [1.29, 1.82) is 5.26 Å². The van der Waals surface area contributed by atoms with E-state index in [-0.39, 0.29) is 11.4 Å². The van der Waals surface area contributed by atoms with Gasteiger partial charge in [-0.15, -0.1) is 0 Å². The Morgan fingerprint density at radius 2 is 1.93 bits per heavy atom. The first-order valence-electron chi connectivity index (χ1n) is 9.12. The van der Waals surface area contributed by atoms with E-state index in [9.17, 15) is 14.9 Å². The molecule has 9 nitrogen and oxygen atoms in total. The Bertz CT molecular complexity index is 852. The minimum absolute atomic E-state index is 0.169. The largest absolute Gasteiger partial charge is 0.379 e. The van der Waals surface area contributed by atoms with E-state index in [1.54, 1.807) is 12.1 Å². The Morgan fingerprint density at radius 3 is 2.64 bits per heavy atom. The Hall–Kier alpha value is -3.22. The van der Waals surface area contributed by atoms with Crippen molar-refractivity contribution < 1.29 is 14.3 Å². The van der Waals surface area contributed by atoms with Crippen LogP contribution in [0.15, 0.2) is 36.5 Å². The topological polar surface area (TPSA) is 112 Å². The number of nitrogens with one attached hydrogen (secondary N) is 2. The number of nitriles is 1. The molecule has 0 bridgehead atoms. The van der Waals surface area contributed by atoms with Crippen molar-refractivity contribution in [3.8, 4) is 11.8 Å². The molecule has 2 aromatic rings. The second-order valence-corrected chi connectivity index (χ2v) is 6.28. The SMILES string of the molecule is N#Cc1cnn(-c2ccccc2)c1NC(=O)C(=O)NCCCN1CCOCC1. The fraction of sp³-hybridized carbons (Fsp3) is 0.368. The van der Waals surface area contributed by atoms with Crippen LogP contribution in [0.1, 0.15) is 12.0 Å². The molecule has 1 aromatic carbocycles. The predicted octanol–water partition coefficient (Wildman–Crippen LogP) is 0.521. The van der Waals surface area contributed by atoms with E-state index in [4.69, 9.17) is 4.74 Å². The van der Waals surface area contributed by atoms with Gasteiger partial charge in [-0.2, -0.15) is 10.4 Å². The monoisotopic (exact) mass is 382 g/mol. The molecule has 1 aliphatic rings. The summed E-state index contributed by atoms with van der Waals surface area (Å²) < 4.78 is 6.71. The molecule has 28 heavy (non-hydrogen) atoms. The number of carbonyl (C=O) groups excluding carboxylic acids is 2. The Kier molecular flexibility index (Phi) is 6.73. The number of amides is 2. The van der Waals surface area contributed by atoms with Gasteiger partial charge in [0.15, 0.2) is 5.82 Å². The van der Waals surface area contributed by atoms with E-state index >= 15 is 0 Å². The summed E-state index contributed by atoms with van der Waals surface area (Å²) >= 11 is 0. The molecule has 0 atom stereocenters. The number of hydrogen-bond donors (Lipinski definition) is 2. The van der Waals surface area contributed by atoms with Gasteiger partial charge >= 0.3 is 11.8 Å². The number of hydrogen-bond acceptors (Lipinski definition) is 6. The second-order valence-electron chi connectivity index (χ2n) is 6.28. The van der Waals surface area contributed by atoms with Gasteiger partial charge in [0, 0.05) is 19.6 Å². The second kappa shape index (κ2) is 9.64. The lowest BCUT2D eigenvalue weighted by atomic mass is 10.3. The first kappa shape index (κ1) is 19.5. The number of carbonyl (C=O) groups is 2. The van der Waals surface area contributed by atoms with Gasteiger partial charge in [-0.05, 0) is 25.1 Å². The van der Waals surface area contributed by atoms with Crippen LogP contribution in [0.25, 0.3) is 5.69 Å². The minimum atomic E-state index is -0.833. The molecule has 2 heterocycles. The number of anilines is 1. The van der Waals surface area contributed by atoms with Crippen molar-refractivity contribution in [1.82, 2.24) is 20.0 Å². The molecular weight excluding hydrogens is 360 g/mol. The molecule has 146 valence electrons. The highest BCUT2D eigenvalue weighted by atomic mass is 16.5. The zero-order chi connectivity index (χ0) is 19.8. The standard InChI is InChI=1S/C19H22N6O3/c20-13-15-14-22-25(16-5-2-1-3-6-16)17(15)23-19(27)18(26)21-7-4-8-24-9-11-28-12-10-24/h1-3,5-6,14H,4,7-12H2,(H,21,26)(H,23,27). The first-order valence-corrected chi connectivity index (χ1v) is 9.12. The molecule has 3 rings (SSSR count). The molecule has 0 radical (unpaired) electrons. The molecule has 0 aliphatic carbocycles. The van der Waals surface area contributed by atoms with Crippen LogP contribution in [-0.4, -0.2) is 65.9 Å². The number of nitrogens with zero attached hydrogens (tertiary/aromatic N) is 4. The maximum atomic E-state index is 12.3. The zero-order valence-corrected chi connectivity index (χ0v) is 15.4. The van der Waals surface area contributed by atoms with Gasteiger partial charge < -0.3 is 15.4 Å². The first-order chi connectivity index (χ1) is 13.7. The van der Waals surface area contributed by atoms with Crippen molar-refractivity contribution in [3.63, 3.8) is 0 Å². The van der Waals surface area contributed by atoms with Crippen LogP contribution in [0.4, 0.5) is 5.82 Å². The molecule has 1 saturated heterocycles. The zero-order valence-electron chi connectivity index (χ0n) is 15.4. The van der Waals surface area contributed by atoms with Crippen LogP contribution in [-0.2, 0) is 14.3 Å². The van der Waals surface area contributed by atoms with E-state index < -0.39 is 11.8 Å². The number of ether oxygens (including phenoxy) is 1. The molecule has 0 spiro atoms. The van der Waals surface area contributed by atoms with Crippen molar-refractivity contribution in [3.05, 3.63) is 42.1 Å². The maximum Gasteiger partial charge on any atom is 0.314 e. The molecule has 2 amide bonds.